The zero-order valence-electron chi connectivity index (χ0n) is 10.3. The van der Waals surface area contributed by atoms with Crippen LogP contribution in [0.25, 0.3) is 0 Å². The molecule has 0 amide bonds. The van der Waals surface area contributed by atoms with Gasteiger partial charge in [-0.2, -0.15) is 0 Å². The lowest BCUT2D eigenvalue weighted by atomic mass is 9.94. The van der Waals surface area contributed by atoms with Crippen LogP contribution >= 0.6 is 0 Å². The molecule has 0 fully saturated rings. The molecule has 1 unspecified atom stereocenters. The van der Waals surface area contributed by atoms with Gasteiger partial charge in [-0.05, 0) is 12.6 Å². The highest BCUT2D eigenvalue weighted by Crippen LogP contribution is 2.18. The molecule has 1 heterocycles. The Balaban J connectivity index is 2.13. The summed E-state index contributed by atoms with van der Waals surface area (Å²) in [4.78, 5) is 0. The van der Waals surface area contributed by atoms with Gasteiger partial charge in [-0.1, -0.05) is 35.5 Å². The number of rotatable bonds is 5. The van der Waals surface area contributed by atoms with E-state index < -0.39 is 0 Å². The molecule has 0 saturated heterocycles. The predicted octanol–water partition coefficient (Wildman–Crippen LogP) is 1.36. The Hall–Kier alpha value is -1.68. The molecular formula is C13H18N4. The van der Waals surface area contributed by atoms with E-state index in [1.54, 1.807) is 4.68 Å². The number of aryl methyl sites for hydroxylation is 1. The second-order valence-electron chi connectivity index (χ2n) is 4.25. The first-order chi connectivity index (χ1) is 8.29. The lowest BCUT2D eigenvalue weighted by Gasteiger charge is -2.15. The van der Waals surface area contributed by atoms with Crippen molar-refractivity contribution in [2.45, 2.75) is 12.3 Å². The number of nitrogens with zero attached hydrogens (tertiary/aromatic N) is 3. The topological polar surface area (TPSA) is 42.7 Å². The van der Waals surface area contributed by atoms with Crippen LogP contribution in [0.1, 0.15) is 17.2 Å². The summed E-state index contributed by atoms with van der Waals surface area (Å²) in [7, 11) is 3.87. The van der Waals surface area contributed by atoms with Crippen molar-refractivity contribution in [3.05, 3.63) is 47.8 Å². The van der Waals surface area contributed by atoms with E-state index in [2.05, 4.69) is 39.9 Å². The van der Waals surface area contributed by atoms with Gasteiger partial charge in [0.25, 0.3) is 0 Å². The number of hydrogen-bond acceptors (Lipinski definition) is 3. The van der Waals surface area contributed by atoms with Gasteiger partial charge in [0.15, 0.2) is 0 Å². The Morgan fingerprint density at radius 2 is 2.06 bits per heavy atom. The van der Waals surface area contributed by atoms with Crippen molar-refractivity contribution in [3.8, 4) is 0 Å². The molecule has 2 rings (SSSR count). The van der Waals surface area contributed by atoms with Gasteiger partial charge in [0.05, 0.1) is 5.69 Å². The number of benzene rings is 1. The van der Waals surface area contributed by atoms with Gasteiger partial charge in [-0.25, -0.2) is 0 Å². The molecule has 17 heavy (non-hydrogen) atoms. The number of nitrogens with one attached hydrogen (secondary N) is 1. The lowest BCUT2D eigenvalue weighted by Crippen LogP contribution is -2.19. The molecule has 1 atom stereocenters. The maximum Gasteiger partial charge on any atom is 0.0833 e. The summed E-state index contributed by atoms with van der Waals surface area (Å²) in [6.45, 7) is 0.945. The maximum atomic E-state index is 4.15. The van der Waals surface area contributed by atoms with Gasteiger partial charge in [0.1, 0.15) is 0 Å². The highest BCUT2D eigenvalue weighted by molar-refractivity contribution is 5.21. The molecule has 1 N–H and O–H groups in total. The fourth-order valence-corrected chi connectivity index (χ4v) is 2.02. The van der Waals surface area contributed by atoms with Crippen LogP contribution in [0.3, 0.4) is 0 Å². The first kappa shape index (κ1) is 11.8. The largest absolute Gasteiger partial charge is 0.319 e. The van der Waals surface area contributed by atoms with Crippen molar-refractivity contribution >= 4 is 0 Å². The van der Waals surface area contributed by atoms with Crippen LogP contribution in [0, 0.1) is 0 Å². The normalized spacial score (nSPS) is 12.6. The van der Waals surface area contributed by atoms with Gasteiger partial charge >= 0.3 is 0 Å². The number of likely N-dealkylation sites (N-methyl/N-ethyl adjacent to an activating group) is 1. The predicted molar refractivity (Wildman–Crippen MR) is 67.8 cm³/mol. The van der Waals surface area contributed by atoms with Crippen LogP contribution in [0.4, 0.5) is 0 Å². The first-order valence-electron chi connectivity index (χ1n) is 5.84. The first-order valence-corrected chi connectivity index (χ1v) is 5.84. The Kier molecular flexibility index (Phi) is 3.88. The summed E-state index contributed by atoms with van der Waals surface area (Å²) >= 11 is 0. The van der Waals surface area contributed by atoms with E-state index >= 15 is 0 Å². The summed E-state index contributed by atoms with van der Waals surface area (Å²) in [6.07, 6.45) is 2.89. The van der Waals surface area contributed by atoms with Crippen LogP contribution in [0.2, 0.25) is 0 Å². The highest BCUT2D eigenvalue weighted by Gasteiger charge is 2.13. The lowest BCUT2D eigenvalue weighted by molar-refractivity contribution is 0.617. The van der Waals surface area contributed by atoms with Gasteiger partial charge in [0.2, 0.25) is 0 Å². The third-order valence-electron chi connectivity index (χ3n) is 2.83. The van der Waals surface area contributed by atoms with Crippen molar-refractivity contribution in [1.82, 2.24) is 20.3 Å². The molecule has 0 aliphatic carbocycles. The quantitative estimate of drug-likeness (QED) is 0.843. The number of hydrogen-bond donors (Lipinski definition) is 1. The van der Waals surface area contributed by atoms with Crippen LogP contribution in [0.15, 0.2) is 36.5 Å². The summed E-state index contributed by atoms with van der Waals surface area (Å²) < 4.78 is 1.75. The molecule has 0 aliphatic heterocycles. The zero-order chi connectivity index (χ0) is 12.1. The molecule has 0 radical (unpaired) electrons. The van der Waals surface area contributed by atoms with E-state index in [1.807, 2.05) is 26.4 Å². The van der Waals surface area contributed by atoms with E-state index in [-0.39, 0.29) is 0 Å². The smallest absolute Gasteiger partial charge is 0.0833 e. The molecule has 1 aromatic carbocycles. The summed E-state index contributed by atoms with van der Waals surface area (Å²) in [6, 6.07) is 10.5. The molecule has 0 spiro atoms. The Bertz CT molecular complexity index is 449. The van der Waals surface area contributed by atoms with Gasteiger partial charge in [-0.15, -0.1) is 5.10 Å². The minimum absolute atomic E-state index is 0.442. The average molecular weight is 230 g/mol. The van der Waals surface area contributed by atoms with Crippen molar-refractivity contribution in [1.29, 1.82) is 0 Å². The van der Waals surface area contributed by atoms with Crippen LogP contribution in [0.5, 0.6) is 0 Å². The third-order valence-corrected chi connectivity index (χ3v) is 2.83. The molecule has 1 aromatic heterocycles. The van der Waals surface area contributed by atoms with Crippen LogP contribution in [-0.4, -0.2) is 28.6 Å². The Labute approximate surface area is 102 Å². The fourth-order valence-electron chi connectivity index (χ4n) is 2.02. The van der Waals surface area contributed by atoms with Crippen LogP contribution < -0.4 is 5.32 Å². The molecule has 0 bridgehead atoms. The van der Waals surface area contributed by atoms with Crippen molar-refractivity contribution in [2.24, 2.45) is 7.05 Å². The second-order valence-corrected chi connectivity index (χ2v) is 4.25. The van der Waals surface area contributed by atoms with Crippen molar-refractivity contribution in [3.63, 3.8) is 0 Å². The summed E-state index contributed by atoms with van der Waals surface area (Å²) in [5.41, 5.74) is 2.38. The summed E-state index contributed by atoms with van der Waals surface area (Å²) in [5.74, 6) is 0.442. The van der Waals surface area contributed by atoms with E-state index in [0.29, 0.717) is 5.92 Å². The third kappa shape index (κ3) is 3.14. The molecule has 2 aromatic rings. The Morgan fingerprint density at radius 3 is 2.65 bits per heavy atom. The van der Waals surface area contributed by atoms with E-state index in [1.165, 1.54) is 5.56 Å². The second kappa shape index (κ2) is 5.59. The van der Waals surface area contributed by atoms with E-state index in [4.69, 9.17) is 0 Å². The van der Waals surface area contributed by atoms with Gasteiger partial charge in [-0.3, -0.25) is 4.68 Å². The zero-order valence-corrected chi connectivity index (χ0v) is 10.3. The van der Waals surface area contributed by atoms with Crippen molar-refractivity contribution in [2.75, 3.05) is 13.6 Å². The van der Waals surface area contributed by atoms with Gasteiger partial charge < -0.3 is 5.32 Å². The van der Waals surface area contributed by atoms with E-state index in [0.717, 1.165) is 18.7 Å². The molecular weight excluding hydrogens is 212 g/mol. The molecule has 0 aliphatic rings. The molecule has 90 valence electrons. The van der Waals surface area contributed by atoms with E-state index in [9.17, 15) is 0 Å². The number of aromatic nitrogens is 3. The van der Waals surface area contributed by atoms with Gasteiger partial charge in [0, 0.05) is 32.1 Å². The summed E-state index contributed by atoms with van der Waals surface area (Å²) in [5, 5.41) is 11.4. The standard InChI is InChI=1S/C13H18N4/c1-14-9-12(11-6-4-3-5-7-11)8-13-10-17(2)16-15-13/h3-7,10,12,14H,8-9H2,1-2H3. The fraction of sp³-hybridized carbons (Fsp3) is 0.385. The van der Waals surface area contributed by atoms with Crippen molar-refractivity contribution < 1.29 is 0 Å². The minimum atomic E-state index is 0.442. The SMILES string of the molecule is CNCC(Cc1cn(C)nn1)c1ccccc1. The average Bonchev–Trinajstić information content (AvgIpc) is 2.75. The van der Waals surface area contributed by atoms with Crippen LogP contribution in [-0.2, 0) is 13.5 Å². The maximum absolute atomic E-state index is 4.15. The highest BCUT2D eigenvalue weighted by atomic mass is 15.4. The Morgan fingerprint density at radius 1 is 1.29 bits per heavy atom. The minimum Gasteiger partial charge on any atom is -0.319 e. The molecule has 4 heteroatoms. The molecule has 0 saturated carbocycles. The monoisotopic (exact) mass is 230 g/mol. The molecule has 4 nitrogen and oxygen atoms in total.